The van der Waals surface area contributed by atoms with Crippen molar-refractivity contribution in [3.8, 4) is 0 Å². The maximum atomic E-state index is 14.0. The van der Waals surface area contributed by atoms with E-state index in [2.05, 4.69) is 19.1 Å². The second-order valence-corrected chi connectivity index (χ2v) is 8.74. The zero-order chi connectivity index (χ0) is 22.2. The molecule has 2 aliphatic heterocycles. The molecule has 0 unspecified atom stereocenters. The summed E-state index contributed by atoms with van der Waals surface area (Å²) in [6, 6.07) is 13.9. The Morgan fingerprint density at radius 1 is 1.16 bits per heavy atom. The minimum absolute atomic E-state index is 0.118. The maximum absolute atomic E-state index is 14.0. The molecule has 2 aromatic carbocycles. The summed E-state index contributed by atoms with van der Waals surface area (Å²) in [7, 11) is 1.42. The third-order valence-electron chi connectivity index (χ3n) is 6.77. The third-order valence-corrected chi connectivity index (χ3v) is 6.77. The highest BCUT2D eigenvalue weighted by atomic mass is 19.1. The summed E-state index contributed by atoms with van der Waals surface area (Å²) in [4.78, 5) is 41.7. The SMILES string of the molecule is Cc1ccccc1[C@@H]1CCCN(C(=O)C[C@]2(c3cccc(F)c3)CC(=O)N(C)C2=O)C1. The van der Waals surface area contributed by atoms with E-state index in [0.29, 0.717) is 18.7 Å². The second kappa shape index (κ2) is 8.25. The van der Waals surface area contributed by atoms with Gasteiger partial charge in [0.25, 0.3) is 0 Å². The minimum Gasteiger partial charge on any atom is -0.342 e. The van der Waals surface area contributed by atoms with E-state index in [4.69, 9.17) is 0 Å². The lowest BCUT2D eigenvalue weighted by atomic mass is 9.75. The molecule has 4 rings (SSSR count). The number of hydrogen-bond acceptors (Lipinski definition) is 3. The van der Waals surface area contributed by atoms with Crippen LogP contribution in [0.3, 0.4) is 0 Å². The summed E-state index contributed by atoms with van der Waals surface area (Å²) in [6.07, 6.45) is 1.63. The van der Waals surface area contributed by atoms with E-state index in [1.165, 1.54) is 36.4 Å². The molecule has 5 nitrogen and oxygen atoms in total. The van der Waals surface area contributed by atoms with Gasteiger partial charge in [-0.05, 0) is 48.6 Å². The number of piperidine rings is 1. The van der Waals surface area contributed by atoms with Gasteiger partial charge in [0.05, 0.1) is 5.41 Å². The van der Waals surface area contributed by atoms with Gasteiger partial charge in [0.15, 0.2) is 0 Å². The van der Waals surface area contributed by atoms with Crippen molar-refractivity contribution in [1.29, 1.82) is 0 Å². The molecule has 0 spiro atoms. The van der Waals surface area contributed by atoms with Crippen LogP contribution < -0.4 is 0 Å². The zero-order valence-electron chi connectivity index (χ0n) is 17.9. The zero-order valence-corrected chi connectivity index (χ0v) is 17.9. The molecule has 2 aromatic rings. The minimum atomic E-state index is -1.35. The normalized spacial score (nSPS) is 24.0. The first-order chi connectivity index (χ1) is 14.8. The number of imide groups is 1. The Morgan fingerprint density at radius 2 is 1.94 bits per heavy atom. The molecule has 2 fully saturated rings. The Kier molecular flexibility index (Phi) is 5.65. The molecular formula is C25H27FN2O3. The first-order valence-electron chi connectivity index (χ1n) is 10.7. The lowest BCUT2D eigenvalue weighted by molar-refractivity contribution is -0.141. The number of amides is 3. The number of carbonyl (C=O) groups is 3. The van der Waals surface area contributed by atoms with Gasteiger partial charge < -0.3 is 4.90 Å². The standard InChI is InChI=1S/C25H27FN2O3/c1-17-7-3-4-11-21(17)18-8-6-12-28(16-18)23(30)15-25(14-22(29)27(2)24(25)31)19-9-5-10-20(26)13-19/h3-5,7,9-11,13,18H,6,8,12,14-16H2,1-2H3/t18-,25+/m1/s1. The Labute approximate surface area is 181 Å². The Balaban J connectivity index is 1.60. The highest BCUT2D eigenvalue weighted by molar-refractivity contribution is 6.10. The molecule has 0 bridgehead atoms. The predicted molar refractivity (Wildman–Crippen MR) is 115 cm³/mol. The average Bonchev–Trinajstić information content (AvgIpc) is 2.98. The van der Waals surface area contributed by atoms with Gasteiger partial charge in [-0.15, -0.1) is 0 Å². The van der Waals surface area contributed by atoms with Gasteiger partial charge >= 0.3 is 0 Å². The van der Waals surface area contributed by atoms with Crippen LogP contribution in [0.5, 0.6) is 0 Å². The molecule has 2 heterocycles. The van der Waals surface area contributed by atoms with Gasteiger partial charge in [-0.25, -0.2) is 4.39 Å². The number of aryl methyl sites for hydroxylation is 1. The van der Waals surface area contributed by atoms with Gasteiger partial charge in [0, 0.05) is 38.9 Å². The van der Waals surface area contributed by atoms with E-state index in [1.807, 2.05) is 12.1 Å². The lowest BCUT2D eigenvalue weighted by Gasteiger charge is -2.36. The van der Waals surface area contributed by atoms with E-state index in [1.54, 1.807) is 11.0 Å². The van der Waals surface area contributed by atoms with Gasteiger partial charge in [-0.3, -0.25) is 19.3 Å². The van der Waals surface area contributed by atoms with Gasteiger partial charge in [-0.2, -0.15) is 0 Å². The molecule has 0 N–H and O–H groups in total. The number of halogens is 1. The molecule has 0 aromatic heterocycles. The van der Waals surface area contributed by atoms with Crippen LogP contribution >= 0.6 is 0 Å². The monoisotopic (exact) mass is 422 g/mol. The second-order valence-electron chi connectivity index (χ2n) is 8.74. The smallest absolute Gasteiger partial charge is 0.240 e. The van der Waals surface area contributed by atoms with Crippen LogP contribution in [0, 0.1) is 12.7 Å². The van der Waals surface area contributed by atoms with Crippen LogP contribution in [0.25, 0.3) is 0 Å². The van der Waals surface area contributed by atoms with Crippen molar-refractivity contribution in [2.24, 2.45) is 0 Å². The Morgan fingerprint density at radius 3 is 2.61 bits per heavy atom. The number of hydrogen-bond donors (Lipinski definition) is 0. The predicted octanol–water partition coefficient (Wildman–Crippen LogP) is 3.56. The quantitative estimate of drug-likeness (QED) is 0.708. The molecule has 2 saturated heterocycles. The molecule has 3 amide bonds. The van der Waals surface area contributed by atoms with E-state index in [-0.39, 0.29) is 30.6 Å². The highest BCUT2D eigenvalue weighted by Crippen LogP contribution is 2.40. The summed E-state index contributed by atoms with van der Waals surface area (Å²) in [6.45, 7) is 3.28. The van der Waals surface area contributed by atoms with Crippen LogP contribution in [0.15, 0.2) is 48.5 Å². The Bertz CT molecular complexity index is 1040. The van der Waals surface area contributed by atoms with Crippen LogP contribution in [0.4, 0.5) is 4.39 Å². The fourth-order valence-electron chi connectivity index (χ4n) is 5.01. The van der Waals surface area contributed by atoms with Crippen LogP contribution in [0.2, 0.25) is 0 Å². The fraction of sp³-hybridized carbons (Fsp3) is 0.400. The average molecular weight is 423 g/mol. The molecule has 2 aliphatic rings. The molecule has 31 heavy (non-hydrogen) atoms. The van der Waals surface area contributed by atoms with Crippen LogP contribution in [0.1, 0.15) is 48.3 Å². The third kappa shape index (κ3) is 3.87. The van der Waals surface area contributed by atoms with Gasteiger partial charge in [0.2, 0.25) is 17.7 Å². The number of likely N-dealkylation sites (N-methyl/N-ethyl adjacent to an activating group) is 1. The van der Waals surface area contributed by atoms with Crippen molar-refractivity contribution in [2.75, 3.05) is 20.1 Å². The number of carbonyl (C=O) groups excluding carboxylic acids is 3. The van der Waals surface area contributed by atoms with Crippen molar-refractivity contribution in [1.82, 2.24) is 9.80 Å². The molecule has 0 saturated carbocycles. The topological polar surface area (TPSA) is 57.7 Å². The molecular weight excluding hydrogens is 395 g/mol. The van der Waals surface area contributed by atoms with Crippen LogP contribution in [-0.4, -0.2) is 47.7 Å². The van der Waals surface area contributed by atoms with Gasteiger partial charge in [-0.1, -0.05) is 36.4 Å². The first kappa shape index (κ1) is 21.2. The summed E-state index contributed by atoms with van der Waals surface area (Å²) < 4.78 is 14.0. The van der Waals surface area contributed by atoms with E-state index in [9.17, 15) is 18.8 Å². The summed E-state index contributed by atoms with van der Waals surface area (Å²) >= 11 is 0. The number of benzene rings is 2. The largest absolute Gasteiger partial charge is 0.342 e. The van der Waals surface area contributed by atoms with Crippen molar-refractivity contribution in [3.05, 3.63) is 71.0 Å². The summed E-state index contributed by atoms with van der Waals surface area (Å²) in [5.41, 5.74) is 1.49. The number of rotatable bonds is 4. The van der Waals surface area contributed by atoms with Crippen molar-refractivity contribution in [3.63, 3.8) is 0 Å². The van der Waals surface area contributed by atoms with Crippen molar-refractivity contribution < 1.29 is 18.8 Å². The molecule has 0 radical (unpaired) electrons. The molecule has 162 valence electrons. The summed E-state index contributed by atoms with van der Waals surface area (Å²) in [5.74, 6) is -1.20. The highest BCUT2D eigenvalue weighted by Gasteiger charge is 2.53. The van der Waals surface area contributed by atoms with Crippen molar-refractivity contribution in [2.45, 2.75) is 43.9 Å². The van der Waals surface area contributed by atoms with Crippen LogP contribution in [-0.2, 0) is 19.8 Å². The van der Waals surface area contributed by atoms with E-state index >= 15 is 0 Å². The first-order valence-corrected chi connectivity index (χ1v) is 10.7. The van der Waals surface area contributed by atoms with E-state index < -0.39 is 17.1 Å². The van der Waals surface area contributed by atoms with E-state index in [0.717, 1.165) is 17.7 Å². The van der Waals surface area contributed by atoms with Gasteiger partial charge in [0.1, 0.15) is 5.82 Å². The maximum Gasteiger partial charge on any atom is 0.240 e. The van der Waals surface area contributed by atoms with Crippen molar-refractivity contribution >= 4 is 17.7 Å². The molecule has 6 heteroatoms. The molecule has 0 aliphatic carbocycles. The molecule has 2 atom stereocenters. The lowest BCUT2D eigenvalue weighted by Crippen LogP contribution is -2.45. The fourth-order valence-corrected chi connectivity index (χ4v) is 5.01. The number of nitrogens with zero attached hydrogens (tertiary/aromatic N) is 2. The summed E-state index contributed by atoms with van der Waals surface area (Å²) in [5, 5.41) is 0. The Hall–Kier alpha value is -3.02. The number of likely N-dealkylation sites (tertiary alicyclic amines) is 2.